The first-order valence-corrected chi connectivity index (χ1v) is 13.8. The Morgan fingerprint density at radius 2 is 1.89 bits per heavy atom. The van der Waals surface area contributed by atoms with Gasteiger partial charge in [0.2, 0.25) is 0 Å². The van der Waals surface area contributed by atoms with Crippen molar-refractivity contribution in [2.45, 2.75) is 78.6 Å². The van der Waals surface area contributed by atoms with Crippen LogP contribution in [0.5, 0.6) is 5.75 Å². The van der Waals surface area contributed by atoms with E-state index in [-0.39, 0.29) is 11.5 Å². The van der Waals surface area contributed by atoms with E-state index in [4.69, 9.17) is 4.74 Å². The van der Waals surface area contributed by atoms with Gasteiger partial charge in [-0.15, -0.1) is 0 Å². The van der Waals surface area contributed by atoms with Crippen LogP contribution in [0.4, 0.5) is 0 Å². The number of hydrogen-bond acceptors (Lipinski definition) is 2. The van der Waals surface area contributed by atoms with Crippen LogP contribution < -0.4 is 4.74 Å². The zero-order valence-electron chi connectivity index (χ0n) is 18.2. The lowest BCUT2D eigenvalue weighted by Crippen LogP contribution is -2.33. The fourth-order valence-electron chi connectivity index (χ4n) is 5.37. The SMILES string of the molecule is COc1cccc(CCC2=C3C[C@H](O)C[C@]3(C)CC([Si](C)(C)C)=C2C)c1C. The van der Waals surface area contributed by atoms with E-state index in [2.05, 4.69) is 52.5 Å². The largest absolute Gasteiger partial charge is 0.496 e. The average Bonchev–Trinajstić information content (AvgIpc) is 2.88. The number of methoxy groups -OCH3 is 1. The van der Waals surface area contributed by atoms with Gasteiger partial charge in [0.1, 0.15) is 5.75 Å². The Bertz CT molecular complexity index is 797. The van der Waals surface area contributed by atoms with Crippen molar-refractivity contribution in [2.24, 2.45) is 5.41 Å². The van der Waals surface area contributed by atoms with E-state index in [1.165, 1.54) is 22.3 Å². The molecule has 0 aromatic heterocycles. The second-order valence-corrected chi connectivity index (χ2v) is 15.0. The second kappa shape index (κ2) is 7.25. The number of aryl methyl sites for hydroxylation is 1. The normalized spacial score (nSPS) is 25.9. The number of aliphatic hydroxyl groups excluding tert-OH is 1. The number of rotatable bonds is 5. The lowest BCUT2D eigenvalue weighted by molar-refractivity contribution is 0.164. The molecular weight excluding hydrogens is 348 g/mol. The van der Waals surface area contributed by atoms with Crippen LogP contribution in [0.1, 0.15) is 50.7 Å². The van der Waals surface area contributed by atoms with Gasteiger partial charge in [0.15, 0.2) is 0 Å². The molecule has 2 aliphatic carbocycles. The third kappa shape index (κ3) is 3.81. The molecule has 148 valence electrons. The van der Waals surface area contributed by atoms with Crippen molar-refractivity contribution >= 4 is 8.07 Å². The van der Waals surface area contributed by atoms with Crippen LogP contribution in [0.2, 0.25) is 19.6 Å². The summed E-state index contributed by atoms with van der Waals surface area (Å²) in [6.07, 6.45) is 4.86. The van der Waals surface area contributed by atoms with Crippen molar-refractivity contribution in [3.63, 3.8) is 0 Å². The molecule has 0 heterocycles. The maximum absolute atomic E-state index is 10.5. The van der Waals surface area contributed by atoms with Gasteiger partial charge in [-0.25, -0.2) is 0 Å². The number of benzene rings is 1. The Kier molecular flexibility index (Phi) is 5.48. The van der Waals surface area contributed by atoms with Gasteiger partial charge in [-0.3, -0.25) is 0 Å². The highest BCUT2D eigenvalue weighted by Crippen LogP contribution is 2.55. The van der Waals surface area contributed by atoms with Crippen LogP contribution in [0.15, 0.2) is 40.1 Å². The van der Waals surface area contributed by atoms with Gasteiger partial charge < -0.3 is 9.84 Å². The lowest BCUT2D eigenvalue weighted by atomic mass is 9.72. The van der Waals surface area contributed by atoms with Gasteiger partial charge in [0.05, 0.1) is 21.3 Å². The number of allylic oxidation sites excluding steroid dienone is 3. The first-order chi connectivity index (χ1) is 12.6. The van der Waals surface area contributed by atoms with Crippen molar-refractivity contribution in [3.05, 3.63) is 51.2 Å². The molecule has 0 radical (unpaired) electrons. The van der Waals surface area contributed by atoms with Crippen LogP contribution in [0.25, 0.3) is 0 Å². The summed E-state index contributed by atoms with van der Waals surface area (Å²) in [5.74, 6) is 0.977. The van der Waals surface area contributed by atoms with Crippen molar-refractivity contribution in [1.29, 1.82) is 0 Å². The summed E-state index contributed by atoms with van der Waals surface area (Å²) in [7, 11) is 0.366. The van der Waals surface area contributed by atoms with E-state index in [9.17, 15) is 5.11 Å². The van der Waals surface area contributed by atoms with Gasteiger partial charge in [-0.05, 0) is 74.1 Å². The zero-order valence-corrected chi connectivity index (χ0v) is 19.2. The molecule has 0 aliphatic heterocycles. The zero-order chi connectivity index (χ0) is 20.0. The van der Waals surface area contributed by atoms with Gasteiger partial charge >= 0.3 is 0 Å². The molecule has 27 heavy (non-hydrogen) atoms. The highest BCUT2D eigenvalue weighted by Gasteiger charge is 2.45. The van der Waals surface area contributed by atoms with Crippen LogP contribution in [0, 0.1) is 12.3 Å². The van der Waals surface area contributed by atoms with Gasteiger partial charge in [0, 0.05) is 0 Å². The summed E-state index contributed by atoms with van der Waals surface area (Å²) < 4.78 is 5.51. The summed E-state index contributed by atoms with van der Waals surface area (Å²) in [6.45, 7) is 14.3. The minimum atomic E-state index is -1.38. The molecule has 1 aromatic rings. The molecule has 0 amide bonds. The molecule has 2 nitrogen and oxygen atoms in total. The first kappa shape index (κ1) is 20.4. The van der Waals surface area contributed by atoms with E-state index in [1.807, 2.05) is 6.07 Å². The quantitative estimate of drug-likeness (QED) is 0.632. The van der Waals surface area contributed by atoms with Gasteiger partial charge in [-0.2, -0.15) is 0 Å². The molecule has 1 fully saturated rings. The maximum atomic E-state index is 10.5. The monoisotopic (exact) mass is 384 g/mol. The minimum Gasteiger partial charge on any atom is -0.496 e. The lowest BCUT2D eigenvalue weighted by Gasteiger charge is -2.40. The highest BCUT2D eigenvalue weighted by atomic mass is 28.3. The van der Waals surface area contributed by atoms with Crippen molar-refractivity contribution in [1.82, 2.24) is 0 Å². The van der Waals surface area contributed by atoms with Crippen LogP contribution in [-0.2, 0) is 6.42 Å². The number of ether oxygens (including phenoxy) is 1. The van der Waals surface area contributed by atoms with Crippen LogP contribution in [-0.4, -0.2) is 26.4 Å². The van der Waals surface area contributed by atoms with Crippen LogP contribution in [0.3, 0.4) is 0 Å². The van der Waals surface area contributed by atoms with E-state index >= 15 is 0 Å². The number of hydrogen-bond donors (Lipinski definition) is 1. The third-order valence-corrected chi connectivity index (χ3v) is 9.22. The van der Waals surface area contributed by atoms with Crippen molar-refractivity contribution in [2.75, 3.05) is 7.11 Å². The average molecular weight is 385 g/mol. The fourth-order valence-corrected chi connectivity index (χ4v) is 7.57. The predicted molar refractivity (Wildman–Crippen MR) is 117 cm³/mol. The first-order valence-electron chi connectivity index (χ1n) is 10.3. The van der Waals surface area contributed by atoms with Gasteiger partial charge in [0.25, 0.3) is 0 Å². The Labute approximate surface area is 166 Å². The Morgan fingerprint density at radius 3 is 2.52 bits per heavy atom. The second-order valence-electron chi connectivity index (χ2n) is 9.85. The summed E-state index contributed by atoms with van der Waals surface area (Å²) >= 11 is 0. The van der Waals surface area contributed by atoms with E-state index in [0.717, 1.165) is 37.9 Å². The summed E-state index contributed by atoms with van der Waals surface area (Å²) in [6, 6.07) is 6.37. The highest BCUT2D eigenvalue weighted by molar-refractivity contribution is 6.83. The van der Waals surface area contributed by atoms with E-state index < -0.39 is 8.07 Å². The van der Waals surface area contributed by atoms with Crippen molar-refractivity contribution < 1.29 is 9.84 Å². The summed E-state index contributed by atoms with van der Waals surface area (Å²) in [4.78, 5) is 0. The minimum absolute atomic E-state index is 0.160. The van der Waals surface area contributed by atoms with Crippen molar-refractivity contribution in [3.8, 4) is 5.75 Å². The molecule has 0 saturated heterocycles. The van der Waals surface area contributed by atoms with Gasteiger partial charge in [-0.1, -0.05) is 55.0 Å². The Hall–Kier alpha value is -1.32. The standard InChI is InChI=1S/C24H36O2Si/c1-16-18(9-8-10-22(16)26-4)11-12-20-17(2)23(27(5,6)7)15-24(3)14-19(25)13-21(20)24/h8-10,19,25H,11-15H2,1-7H3/t19-,24+/m0/s1. The van der Waals surface area contributed by atoms with E-state index in [1.54, 1.807) is 17.9 Å². The molecule has 1 aromatic carbocycles. The molecule has 3 rings (SSSR count). The molecule has 0 spiro atoms. The number of aliphatic hydroxyl groups is 1. The Balaban J connectivity index is 1.99. The molecule has 3 heteroatoms. The molecule has 1 N–H and O–H groups in total. The predicted octanol–water partition coefficient (Wildman–Crippen LogP) is 5.99. The third-order valence-electron chi connectivity index (χ3n) is 6.86. The summed E-state index contributed by atoms with van der Waals surface area (Å²) in [5.41, 5.74) is 7.40. The molecule has 0 unspecified atom stereocenters. The maximum Gasteiger partial charge on any atom is 0.122 e. The van der Waals surface area contributed by atoms with E-state index in [0.29, 0.717) is 0 Å². The fraction of sp³-hybridized carbons (Fsp3) is 0.583. The van der Waals surface area contributed by atoms with Crippen LogP contribution >= 0.6 is 0 Å². The summed E-state index contributed by atoms with van der Waals surface area (Å²) in [5, 5.41) is 12.2. The molecule has 1 saturated carbocycles. The molecule has 2 aliphatic rings. The topological polar surface area (TPSA) is 29.5 Å². The smallest absolute Gasteiger partial charge is 0.122 e. The Morgan fingerprint density at radius 1 is 1.19 bits per heavy atom. The molecule has 0 bridgehead atoms. The molecule has 2 atom stereocenters. The number of fused-ring (bicyclic) bond motifs is 1. The molecular formula is C24H36O2Si.